The minimum Gasteiger partial charge on any atom is -0.345 e. The number of benzene rings is 2. The van der Waals surface area contributed by atoms with Crippen LogP contribution in [0.15, 0.2) is 47.4 Å². The number of carbonyl (C=O) groups excluding carboxylic acids is 1. The number of piperidine rings is 1. The van der Waals surface area contributed by atoms with Gasteiger partial charge in [0.05, 0.1) is 10.9 Å². The molecule has 1 fully saturated rings. The summed E-state index contributed by atoms with van der Waals surface area (Å²) in [6, 6.07) is 12.5. The van der Waals surface area contributed by atoms with Crippen molar-refractivity contribution in [3.8, 4) is 0 Å². The van der Waals surface area contributed by atoms with Crippen LogP contribution >= 0.6 is 0 Å². The van der Waals surface area contributed by atoms with Crippen LogP contribution in [0.3, 0.4) is 0 Å². The van der Waals surface area contributed by atoms with E-state index < -0.39 is 10.0 Å². The van der Waals surface area contributed by atoms with Gasteiger partial charge in [0.2, 0.25) is 10.0 Å². The minimum atomic E-state index is -3.59. The van der Waals surface area contributed by atoms with Crippen molar-refractivity contribution < 1.29 is 13.2 Å². The van der Waals surface area contributed by atoms with Gasteiger partial charge in [-0.05, 0) is 68.4 Å². The first-order valence-corrected chi connectivity index (χ1v) is 12.1. The van der Waals surface area contributed by atoms with Gasteiger partial charge in [-0.1, -0.05) is 43.7 Å². The number of hydrogen-bond donors (Lipinski definition) is 1. The highest BCUT2D eigenvalue weighted by atomic mass is 32.2. The first kappa shape index (κ1) is 22.5. The van der Waals surface area contributed by atoms with Crippen molar-refractivity contribution in [1.29, 1.82) is 0 Å². The van der Waals surface area contributed by atoms with E-state index in [4.69, 9.17) is 0 Å². The molecule has 0 radical (unpaired) electrons. The third-order valence-corrected chi connectivity index (χ3v) is 7.89. The zero-order valence-corrected chi connectivity index (χ0v) is 19.1. The van der Waals surface area contributed by atoms with Crippen LogP contribution in [0, 0.1) is 19.8 Å². The van der Waals surface area contributed by atoms with Crippen LogP contribution in [0.5, 0.6) is 0 Å². The molecule has 1 unspecified atom stereocenters. The highest BCUT2D eigenvalue weighted by Crippen LogP contribution is 2.25. The SMILES string of the molecule is CCC(NC(=O)c1cccc(S(=O)(=O)N2CCC(C)CC2)c1)c1ccc(C)cc1C. The first-order valence-electron chi connectivity index (χ1n) is 10.7. The first-order chi connectivity index (χ1) is 14.2. The van der Waals surface area contributed by atoms with Crippen LogP contribution < -0.4 is 5.32 Å². The van der Waals surface area contributed by atoms with Gasteiger partial charge in [0.25, 0.3) is 5.91 Å². The van der Waals surface area contributed by atoms with Crippen molar-refractivity contribution in [2.75, 3.05) is 13.1 Å². The quantitative estimate of drug-likeness (QED) is 0.731. The van der Waals surface area contributed by atoms with Crippen LogP contribution in [0.4, 0.5) is 0 Å². The van der Waals surface area contributed by atoms with Gasteiger partial charge in [-0.3, -0.25) is 4.79 Å². The average Bonchev–Trinajstić information content (AvgIpc) is 2.72. The molecule has 30 heavy (non-hydrogen) atoms. The molecule has 0 aliphatic carbocycles. The molecule has 5 nitrogen and oxygen atoms in total. The predicted molar refractivity (Wildman–Crippen MR) is 120 cm³/mol. The van der Waals surface area contributed by atoms with Gasteiger partial charge in [-0.15, -0.1) is 0 Å². The lowest BCUT2D eigenvalue weighted by molar-refractivity contribution is 0.0935. The topological polar surface area (TPSA) is 66.5 Å². The lowest BCUT2D eigenvalue weighted by Gasteiger charge is -2.29. The van der Waals surface area contributed by atoms with E-state index in [2.05, 4.69) is 24.4 Å². The largest absolute Gasteiger partial charge is 0.345 e. The van der Waals surface area contributed by atoms with Gasteiger partial charge >= 0.3 is 0 Å². The number of aryl methyl sites for hydroxylation is 2. The van der Waals surface area contributed by atoms with E-state index in [1.807, 2.05) is 26.8 Å². The van der Waals surface area contributed by atoms with E-state index in [0.717, 1.165) is 30.4 Å². The van der Waals surface area contributed by atoms with Crippen LogP contribution in [0.25, 0.3) is 0 Å². The molecule has 1 aliphatic heterocycles. The minimum absolute atomic E-state index is 0.123. The summed E-state index contributed by atoms with van der Waals surface area (Å²) in [6.45, 7) is 9.33. The number of rotatable bonds is 6. The summed E-state index contributed by atoms with van der Waals surface area (Å²) in [5, 5.41) is 3.08. The number of nitrogens with zero attached hydrogens (tertiary/aromatic N) is 1. The highest BCUT2D eigenvalue weighted by molar-refractivity contribution is 7.89. The van der Waals surface area contributed by atoms with Crippen molar-refractivity contribution >= 4 is 15.9 Å². The van der Waals surface area contributed by atoms with Gasteiger partial charge in [0, 0.05) is 18.7 Å². The Labute approximate surface area is 180 Å². The Morgan fingerprint density at radius 2 is 1.83 bits per heavy atom. The summed E-state index contributed by atoms with van der Waals surface area (Å²) < 4.78 is 27.6. The lowest BCUT2D eigenvalue weighted by atomic mass is 9.97. The fourth-order valence-electron chi connectivity index (χ4n) is 4.03. The van der Waals surface area contributed by atoms with Crippen molar-refractivity contribution in [2.45, 2.75) is 57.9 Å². The standard InChI is InChI=1S/C24H32N2O3S/c1-5-23(22-10-9-18(3)15-19(22)4)25-24(27)20-7-6-8-21(16-20)30(28,29)26-13-11-17(2)12-14-26/h6-10,15-17,23H,5,11-14H2,1-4H3,(H,25,27). The molecule has 0 spiro atoms. The Kier molecular flexibility index (Phi) is 6.98. The van der Waals surface area contributed by atoms with E-state index in [1.165, 1.54) is 15.9 Å². The zero-order chi connectivity index (χ0) is 21.9. The monoisotopic (exact) mass is 428 g/mol. The van der Waals surface area contributed by atoms with Gasteiger partial charge in [-0.25, -0.2) is 8.42 Å². The summed E-state index contributed by atoms with van der Waals surface area (Å²) in [5.41, 5.74) is 3.77. The predicted octanol–water partition coefficient (Wildman–Crippen LogP) is 4.61. The van der Waals surface area contributed by atoms with Gasteiger partial charge in [0.15, 0.2) is 0 Å². The van der Waals surface area contributed by atoms with Gasteiger partial charge in [0.1, 0.15) is 0 Å². The van der Waals surface area contributed by atoms with Crippen LogP contribution in [-0.4, -0.2) is 31.7 Å². The molecule has 0 bridgehead atoms. The van der Waals surface area contributed by atoms with E-state index in [-0.39, 0.29) is 16.8 Å². The normalized spacial score (nSPS) is 16.9. The second-order valence-electron chi connectivity index (χ2n) is 8.41. The van der Waals surface area contributed by atoms with Crippen LogP contribution in [0.2, 0.25) is 0 Å². The fraction of sp³-hybridized carbons (Fsp3) is 0.458. The Bertz CT molecular complexity index is 1010. The fourth-order valence-corrected chi connectivity index (χ4v) is 5.55. The Morgan fingerprint density at radius 1 is 1.13 bits per heavy atom. The smallest absolute Gasteiger partial charge is 0.251 e. The maximum absolute atomic E-state index is 13.0. The molecule has 6 heteroatoms. The molecule has 2 aromatic carbocycles. The van der Waals surface area contributed by atoms with Gasteiger partial charge in [-0.2, -0.15) is 4.31 Å². The van der Waals surface area contributed by atoms with E-state index in [0.29, 0.717) is 24.6 Å². The summed E-state index contributed by atoms with van der Waals surface area (Å²) >= 11 is 0. The molecule has 1 aliphatic rings. The molecule has 1 saturated heterocycles. The number of hydrogen-bond acceptors (Lipinski definition) is 3. The van der Waals surface area contributed by atoms with Gasteiger partial charge < -0.3 is 5.32 Å². The molecule has 162 valence electrons. The molecule has 2 aromatic rings. The molecule has 1 atom stereocenters. The molecular weight excluding hydrogens is 396 g/mol. The molecule has 3 rings (SSSR count). The third-order valence-electron chi connectivity index (χ3n) is 5.99. The third kappa shape index (κ3) is 4.93. The second kappa shape index (κ2) is 9.31. The van der Waals surface area contributed by atoms with Crippen LogP contribution in [-0.2, 0) is 10.0 Å². The maximum Gasteiger partial charge on any atom is 0.251 e. The van der Waals surface area contributed by atoms with Crippen molar-refractivity contribution in [3.05, 3.63) is 64.7 Å². The average molecular weight is 429 g/mol. The van der Waals surface area contributed by atoms with E-state index in [1.54, 1.807) is 18.2 Å². The summed E-state index contributed by atoms with van der Waals surface area (Å²) in [6.07, 6.45) is 2.49. The highest BCUT2D eigenvalue weighted by Gasteiger charge is 2.28. The summed E-state index contributed by atoms with van der Waals surface area (Å²) in [7, 11) is -3.59. The summed E-state index contributed by atoms with van der Waals surface area (Å²) in [5.74, 6) is 0.288. The van der Waals surface area contributed by atoms with Crippen LogP contribution in [0.1, 0.15) is 66.2 Å². The second-order valence-corrected chi connectivity index (χ2v) is 10.3. The number of carbonyl (C=O) groups is 1. The van der Waals surface area contributed by atoms with Crippen molar-refractivity contribution in [3.63, 3.8) is 0 Å². The molecule has 1 amide bonds. The maximum atomic E-state index is 13.0. The Hall–Kier alpha value is -2.18. The zero-order valence-electron chi connectivity index (χ0n) is 18.3. The number of amides is 1. The summed E-state index contributed by atoms with van der Waals surface area (Å²) in [4.78, 5) is 13.1. The number of nitrogens with one attached hydrogen (secondary N) is 1. The number of sulfonamides is 1. The Morgan fingerprint density at radius 3 is 2.47 bits per heavy atom. The Balaban J connectivity index is 1.80. The van der Waals surface area contributed by atoms with Crippen molar-refractivity contribution in [2.24, 2.45) is 5.92 Å². The molecule has 0 aromatic heterocycles. The van der Waals surface area contributed by atoms with E-state index in [9.17, 15) is 13.2 Å². The van der Waals surface area contributed by atoms with Crippen molar-refractivity contribution in [1.82, 2.24) is 9.62 Å². The molecule has 1 heterocycles. The molecule has 1 N–H and O–H groups in total. The van der Waals surface area contributed by atoms with E-state index >= 15 is 0 Å². The molecular formula is C24H32N2O3S. The molecule has 0 saturated carbocycles. The lowest BCUT2D eigenvalue weighted by Crippen LogP contribution is -2.38.